The van der Waals surface area contributed by atoms with Crippen LogP contribution in [-0.2, 0) is 4.79 Å². The molecule has 0 aromatic carbocycles. The Morgan fingerprint density at radius 3 is 1.21 bits per heavy atom. The topological polar surface area (TPSA) is 43.1 Å². The number of hydrogen-bond acceptors (Lipinski definition) is 2. The smallest absolute Gasteiger partial charge is 0.370 e. The molecular weight excluding hydrogens is 541 g/mol. The normalized spacial score (nSPS) is 15.7. The number of carbonyl (C=O) groups is 1. The number of halogens is 17. The minimum absolute atomic E-state index is 0.120. The molecule has 2 nitrogen and oxygen atoms in total. The maximum absolute atomic E-state index is 13.5. The maximum atomic E-state index is 13.5. The highest BCUT2D eigenvalue weighted by Crippen LogP contribution is 2.64. The molecule has 0 saturated heterocycles. The highest BCUT2D eigenvalue weighted by atomic mass is 32.2. The van der Waals surface area contributed by atoms with Gasteiger partial charge in [0.1, 0.15) is 0 Å². The molecule has 0 fully saturated rings. The van der Waals surface area contributed by atoms with Gasteiger partial charge in [0.15, 0.2) is 0 Å². The Hall–Kier alpha value is -1.37. The second-order valence-corrected chi connectivity index (χ2v) is 7.45. The Morgan fingerprint density at radius 1 is 0.545 bits per heavy atom. The third kappa shape index (κ3) is 5.03. The summed E-state index contributed by atoms with van der Waals surface area (Å²) in [5.74, 6) is -59.1. The van der Waals surface area contributed by atoms with Crippen LogP contribution in [-0.4, -0.2) is 65.0 Å². The lowest BCUT2D eigenvalue weighted by molar-refractivity contribution is -0.461. The van der Waals surface area contributed by atoms with Crippen molar-refractivity contribution in [3.63, 3.8) is 0 Å². The quantitative estimate of drug-likeness (QED) is 0.239. The van der Waals surface area contributed by atoms with Crippen LogP contribution in [0.15, 0.2) is 0 Å². The minimum atomic E-state index is -8.63. The molecule has 1 amide bonds. The van der Waals surface area contributed by atoms with Gasteiger partial charge in [0.05, 0.1) is 0 Å². The molecule has 33 heavy (non-hydrogen) atoms. The van der Waals surface area contributed by atoms with Crippen molar-refractivity contribution in [1.29, 1.82) is 0 Å². The van der Waals surface area contributed by atoms with Gasteiger partial charge in [-0.1, -0.05) is 0 Å². The molecule has 0 bridgehead atoms. The Balaban J connectivity index is 6.19. The van der Waals surface area contributed by atoms with Crippen molar-refractivity contribution in [2.24, 2.45) is 5.73 Å². The van der Waals surface area contributed by atoms with E-state index < -0.39 is 77.9 Å². The molecule has 0 aliphatic heterocycles. The first-order valence-corrected chi connectivity index (χ1v) is 8.89. The summed E-state index contributed by atoms with van der Waals surface area (Å²) in [7, 11) is 0. The van der Waals surface area contributed by atoms with E-state index in [1.807, 2.05) is 0 Å². The SMILES string of the molecule is NC(=O)CCSCCC(F)(F)C(F)(F)C(F)(F)C(F)(F)C(F)(F)C(F)(F)C(F)(F)C(F)(F)F. The van der Waals surface area contributed by atoms with Gasteiger partial charge in [-0.25, -0.2) is 0 Å². The van der Waals surface area contributed by atoms with Crippen LogP contribution in [0.25, 0.3) is 0 Å². The fourth-order valence-corrected chi connectivity index (χ4v) is 2.78. The summed E-state index contributed by atoms with van der Waals surface area (Å²) in [4.78, 5) is 10.4. The van der Waals surface area contributed by atoms with E-state index in [0.29, 0.717) is 0 Å². The third-order valence-corrected chi connectivity index (χ3v) is 4.83. The molecule has 0 heterocycles. The van der Waals surface area contributed by atoms with Gasteiger partial charge >= 0.3 is 47.6 Å². The molecule has 198 valence electrons. The van der Waals surface area contributed by atoms with Gasteiger partial charge in [0.25, 0.3) is 0 Å². The second-order valence-electron chi connectivity index (χ2n) is 6.23. The van der Waals surface area contributed by atoms with Crippen LogP contribution in [0.3, 0.4) is 0 Å². The molecule has 0 rings (SSSR count). The van der Waals surface area contributed by atoms with Crippen LogP contribution in [0.1, 0.15) is 12.8 Å². The predicted octanol–water partition coefficient (Wildman–Crippen LogP) is 5.99. The number of thioether (sulfide) groups is 1. The van der Waals surface area contributed by atoms with Crippen molar-refractivity contribution in [2.75, 3.05) is 11.5 Å². The number of rotatable bonds is 12. The lowest BCUT2D eigenvalue weighted by Crippen LogP contribution is -2.74. The summed E-state index contributed by atoms with van der Waals surface area (Å²) in [6, 6.07) is 0. The number of alkyl halides is 17. The first kappa shape index (κ1) is 31.6. The van der Waals surface area contributed by atoms with E-state index in [1.165, 1.54) is 0 Å². The lowest BCUT2D eigenvalue weighted by atomic mass is 9.88. The zero-order chi connectivity index (χ0) is 27.1. The Bertz CT molecular complexity index is 702. The van der Waals surface area contributed by atoms with Crippen molar-refractivity contribution in [3.05, 3.63) is 0 Å². The van der Waals surface area contributed by atoms with Gasteiger partial charge in [-0.15, -0.1) is 0 Å². The summed E-state index contributed by atoms with van der Waals surface area (Å²) < 4.78 is 221. The van der Waals surface area contributed by atoms with Gasteiger partial charge in [-0.05, 0) is 5.75 Å². The van der Waals surface area contributed by atoms with Crippen molar-refractivity contribution >= 4 is 17.7 Å². The standard InChI is InChI=1S/C13H10F17NOS/c14-6(15,2-4-33-3-1-5(31)32)7(16,17)8(18,19)9(20,21)10(22,23)11(24,25)12(26,27)13(28,29)30/h1-4H2,(H2,31,32). The highest BCUT2D eigenvalue weighted by Gasteiger charge is 2.95. The van der Waals surface area contributed by atoms with Gasteiger partial charge < -0.3 is 5.73 Å². The van der Waals surface area contributed by atoms with Crippen LogP contribution >= 0.6 is 11.8 Å². The number of nitrogens with two attached hydrogens (primary N) is 1. The number of carbonyl (C=O) groups excluding carboxylic acids is 1. The molecule has 0 unspecified atom stereocenters. The number of hydrogen-bond donors (Lipinski definition) is 1. The van der Waals surface area contributed by atoms with Crippen molar-refractivity contribution in [3.8, 4) is 0 Å². The van der Waals surface area contributed by atoms with Gasteiger partial charge in [0, 0.05) is 18.6 Å². The molecular formula is C13H10F17NOS. The van der Waals surface area contributed by atoms with Gasteiger partial charge in [0.2, 0.25) is 5.91 Å². The van der Waals surface area contributed by atoms with E-state index in [2.05, 4.69) is 5.73 Å². The molecule has 0 aromatic rings. The Kier molecular flexibility index (Phi) is 8.64. The summed E-state index contributed by atoms with van der Waals surface area (Å²) >= 11 is 0.120. The third-order valence-electron chi connectivity index (χ3n) is 3.84. The molecule has 0 aliphatic rings. The van der Waals surface area contributed by atoms with Crippen LogP contribution in [0, 0.1) is 0 Å². The van der Waals surface area contributed by atoms with Crippen LogP contribution in [0.2, 0.25) is 0 Å². The van der Waals surface area contributed by atoms with Crippen LogP contribution in [0.5, 0.6) is 0 Å². The van der Waals surface area contributed by atoms with Crippen LogP contribution in [0.4, 0.5) is 74.6 Å². The Morgan fingerprint density at radius 2 is 0.879 bits per heavy atom. The molecule has 0 atom stereocenters. The molecule has 0 aliphatic carbocycles. The summed E-state index contributed by atoms with van der Waals surface area (Å²) in [6.07, 6.45) is -10.9. The van der Waals surface area contributed by atoms with Crippen LogP contribution < -0.4 is 5.73 Å². The van der Waals surface area contributed by atoms with Crippen molar-refractivity contribution in [1.82, 2.24) is 0 Å². The van der Waals surface area contributed by atoms with E-state index in [1.54, 1.807) is 0 Å². The molecule has 0 radical (unpaired) electrons. The fraction of sp³-hybridized carbons (Fsp3) is 0.923. The largest absolute Gasteiger partial charge is 0.460 e. The molecule has 0 aromatic heterocycles. The molecule has 2 N–H and O–H groups in total. The summed E-state index contributed by atoms with van der Waals surface area (Å²) in [5, 5.41) is 0. The van der Waals surface area contributed by atoms with Gasteiger partial charge in [-0.2, -0.15) is 86.4 Å². The monoisotopic (exact) mass is 551 g/mol. The molecule has 20 heteroatoms. The zero-order valence-corrected chi connectivity index (χ0v) is 16.0. The zero-order valence-electron chi connectivity index (χ0n) is 15.1. The van der Waals surface area contributed by atoms with Crippen molar-refractivity contribution in [2.45, 2.75) is 60.5 Å². The number of amides is 1. The van der Waals surface area contributed by atoms with E-state index in [0.717, 1.165) is 0 Å². The van der Waals surface area contributed by atoms with E-state index >= 15 is 0 Å². The maximum Gasteiger partial charge on any atom is 0.460 e. The van der Waals surface area contributed by atoms with Crippen molar-refractivity contribution < 1.29 is 79.4 Å². The lowest BCUT2D eigenvalue weighted by Gasteiger charge is -2.42. The first-order chi connectivity index (χ1) is 14.2. The van der Waals surface area contributed by atoms with E-state index in [4.69, 9.17) is 0 Å². The minimum Gasteiger partial charge on any atom is -0.370 e. The van der Waals surface area contributed by atoms with E-state index in [9.17, 15) is 79.4 Å². The fourth-order valence-electron chi connectivity index (χ4n) is 1.83. The molecule has 0 spiro atoms. The highest BCUT2D eigenvalue weighted by molar-refractivity contribution is 7.99. The first-order valence-electron chi connectivity index (χ1n) is 7.74. The van der Waals surface area contributed by atoms with Gasteiger partial charge in [-0.3, -0.25) is 4.79 Å². The predicted molar refractivity (Wildman–Crippen MR) is 76.4 cm³/mol. The average Bonchev–Trinajstić information content (AvgIpc) is 2.58. The summed E-state index contributed by atoms with van der Waals surface area (Å²) in [5.41, 5.74) is 4.61. The van der Waals surface area contributed by atoms with E-state index in [-0.39, 0.29) is 11.8 Å². The Labute approximate surface area is 176 Å². The summed E-state index contributed by atoms with van der Waals surface area (Å²) in [6.45, 7) is 0. The average molecular weight is 551 g/mol. The number of primary amides is 1. The second kappa shape index (κ2) is 9.01. The molecule has 0 saturated carbocycles.